The third-order valence-electron chi connectivity index (χ3n) is 3.43. The molecule has 0 amide bonds. The highest BCUT2D eigenvalue weighted by molar-refractivity contribution is 5.35. The highest BCUT2D eigenvalue weighted by Crippen LogP contribution is 2.18. The van der Waals surface area contributed by atoms with Gasteiger partial charge in [-0.05, 0) is 38.1 Å². The van der Waals surface area contributed by atoms with Crippen LogP contribution in [-0.4, -0.2) is 44.2 Å². The Morgan fingerprint density at radius 1 is 1.35 bits per heavy atom. The minimum atomic E-state index is 0.692. The van der Waals surface area contributed by atoms with Crippen LogP contribution in [0.4, 0.5) is 0 Å². The van der Waals surface area contributed by atoms with E-state index in [1.54, 1.807) is 0 Å². The molecule has 17 heavy (non-hydrogen) atoms. The lowest BCUT2D eigenvalue weighted by Gasteiger charge is -2.35. The summed E-state index contributed by atoms with van der Waals surface area (Å²) in [7, 11) is 2.16. The van der Waals surface area contributed by atoms with Crippen molar-refractivity contribution in [3.63, 3.8) is 0 Å². The van der Waals surface area contributed by atoms with Crippen molar-refractivity contribution >= 4 is 0 Å². The van der Waals surface area contributed by atoms with Gasteiger partial charge in [-0.15, -0.1) is 0 Å². The molecule has 1 aromatic carbocycles. The summed E-state index contributed by atoms with van der Waals surface area (Å²) < 4.78 is 5.84. The molecule has 1 aromatic rings. The van der Waals surface area contributed by atoms with E-state index < -0.39 is 0 Å². The lowest BCUT2D eigenvalue weighted by atomic mass is 10.1. The number of benzene rings is 1. The van der Waals surface area contributed by atoms with E-state index >= 15 is 0 Å². The minimum absolute atomic E-state index is 0.692. The monoisotopic (exact) mass is 234 g/mol. The van der Waals surface area contributed by atoms with Crippen LogP contribution in [0.25, 0.3) is 0 Å². The Bertz CT molecular complexity index is 374. The van der Waals surface area contributed by atoms with Gasteiger partial charge in [-0.1, -0.05) is 12.1 Å². The number of nitrogens with one attached hydrogen (secondary N) is 1. The standard InChI is InChI=1S/C14H22N2O/c1-11-4-5-12(2)14(8-11)17-7-6-16(3)13-9-15-10-13/h4-5,8,13,15H,6-7,9-10H2,1-3H3. The Morgan fingerprint density at radius 2 is 2.12 bits per heavy atom. The van der Waals surface area contributed by atoms with Crippen LogP contribution in [0, 0.1) is 13.8 Å². The van der Waals surface area contributed by atoms with Gasteiger partial charge in [0.25, 0.3) is 0 Å². The molecule has 0 saturated carbocycles. The van der Waals surface area contributed by atoms with E-state index in [9.17, 15) is 0 Å². The first kappa shape index (κ1) is 12.4. The van der Waals surface area contributed by atoms with Crippen molar-refractivity contribution in [3.8, 4) is 5.75 Å². The van der Waals surface area contributed by atoms with Gasteiger partial charge in [0, 0.05) is 25.7 Å². The molecule has 0 aliphatic carbocycles. The fourth-order valence-electron chi connectivity index (χ4n) is 1.93. The maximum atomic E-state index is 5.84. The first-order valence-corrected chi connectivity index (χ1v) is 6.28. The predicted molar refractivity (Wildman–Crippen MR) is 70.7 cm³/mol. The predicted octanol–water partition coefficient (Wildman–Crippen LogP) is 1.59. The molecule has 3 heteroatoms. The fourth-order valence-corrected chi connectivity index (χ4v) is 1.93. The molecule has 94 valence electrons. The number of hydrogen-bond donors (Lipinski definition) is 1. The normalized spacial score (nSPS) is 16.0. The van der Waals surface area contributed by atoms with E-state index in [-0.39, 0.29) is 0 Å². The summed E-state index contributed by atoms with van der Waals surface area (Å²) in [4.78, 5) is 2.36. The Balaban J connectivity index is 1.79. The average Bonchev–Trinajstić information content (AvgIpc) is 2.20. The summed E-state index contributed by atoms with van der Waals surface area (Å²) in [5, 5.41) is 3.28. The van der Waals surface area contributed by atoms with Crippen molar-refractivity contribution in [1.29, 1.82) is 0 Å². The lowest BCUT2D eigenvalue weighted by Crippen LogP contribution is -2.56. The average molecular weight is 234 g/mol. The topological polar surface area (TPSA) is 24.5 Å². The summed E-state index contributed by atoms with van der Waals surface area (Å²) in [6.07, 6.45) is 0. The Hall–Kier alpha value is -1.06. The van der Waals surface area contributed by atoms with Gasteiger partial charge in [-0.25, -0.2) is 0 Å². The van der Waals surface area contributed by atoms with E-state index in [1.807, 2.05) is 0 Å². The van der Waals surface area contributed by atoms with Crippen LogP contribution in [0.1, 0.15) is 11.1 Å². The van der Waals surface area contributed by atoms with E-state index in [0.717, 1.165) is 32.0 Å². The van der Waals surface area contributed by atoms with Crippen LogP contribution in [0.2, 0.25) is 0 Å². The zero-order valence-corrected chi connectivity index (χ0v) is 11.0. The first-order valence-electron chi connectivity index (χ1n) is 6.28. The molecule has 1 aliphatic rings. The second kappa shape index (κ2) is 5.52. The Labute approximate surface area is 104 Å². The van der Waals surface area contributed by atoms with E-state index in [1.165, 1.54) is 11.1 Å². The van der Waals surface area contributed by atoms with Crippen LogP contribution in [0.3, 0.4) is 0 Å². The fraction of sp³-hybridized carbons (Fsp3) is 0.571. The number of nitrogens with zero attached hydrogens (tertiary/aromatic N) is 1. The van der Waals surface area contributed by atoms with Crippen LogP contribution < -0.4 is 10.1 Å². The molecule has 1 fully saturated rings. The van der Waals surface area contributed by atoms with Gasteiger partial charge in [0.15, 0.2) is 0 Å². The highest BCUT2D eigenvalue weighted by atomic mass is 16.5. The molecule has 0 unspecified atom stereocenters. The molecular formula is C14H22N2O. The van der Waals surface area contributed by atoms with Gasteiger partial charge in [-0.3, -0.25) is 4.90 Å². The van der Waals surface area contributed by atoms with Crippen molar-refractivity contribution in [2.75, 3.05) is 33.3 Å². The third kappa shape index (κ3) is 3.20. The molecule has 0 atom stereocenters. The van der Waals surface area contributed by atoms with Crippen molar-refractivity contribution in [3.05, 3.63) is 29.3 Å². The highest BCUT2D eigenvalue weighted by Gasteiger charge is 2.20. The number of ether oxygens (including phenoxy) is 1. The number of hydrogen-bond acceptors (Lipinski definition) is 3. The number of likely N-dealkylation sites (N-methyl/N-ethyl adjacent to an activating group) is 1. The van der Waals surface area contributed by atoms with E-state index in [0.29, 0.717) is 6.04 Å². The minimum Gasteiger partial charge on any atom is -0.492 e. The molecule has 1 heterocycles. The van der Waals surface area contributed by atoms with Gasteiger partial charge in [0.05, 0.1) is 0 Å². The Morgan fingerprint density at radius 3 is 2.76 bits per heavy atom. The molecule has 0 radical (unpaired) electrons. The van der Waals surface area contributed by atoms with Crippen LogP contribution in [0.15, 0.2) is 18.2 Å². The van der Waals surface area contributed by atoms with E-state index in [2.05, 4.69) is 49.3 Å². The molecule has 0 aromatic heterocycles. The molecule has 0 spiro atoms. The molecule has 0 bridgehead atoms. The maximum Gasteiger partial charge on any atom is 0.122 e. The molecule has 1 aliphatic heterocycles. The van der Waals surface area contributed by atoms with Crippen LogP contribution in [0.5, 0.6) is 5.75 Å². The van der Waals surface area contributed by atoms with Crippen molar-refractivity contribution < 1.29 is 4.74 Å². The summed E-state index contributed by atoms with van der Waals surface area (Å²) in [5.74, 6) is 1.02. The third-order valence-corrected chi connectivity index (χ3v) is 3.43. The smallest absolute Gasteiger partial charge is 0.122 e. The van der Waals surface area contributed by atoms with Gasteiger partial charge in [-0.2, -0.15) is 0 Å². The summed E-state index contributed by atoms with van der Waals surface area (Å²) in [6, 6.07) is 7.04. The number of rotatable bonds is 5. The Kier molecular flexibility index (Phi) is 4.02. The molecule has 3 nitrogen and oxygen atoms in total. The largest absolute Gasteiger partial charge is 0.492 e. The van der Waals surface area contributed by atoms with Crippen molar-refractivity contribution in [2.24, 2.45) is 0 Å². The van der Waals surface area contributed by atoms with Gasteiger partial charge in [0.2, 0.25) is 0 Å². The van der Waals surface area contributed by atoms with Gasteiger partial charge >= 0.3 is 0 Å². The van der Waals surface area contributed by atoms with Crippen LogP contribution >= 0.6 is 0 Å². The second-order valence-electron chi connectivity index (χ2n) is 4.91. The summed E-state index contributed by atoms with van der Waals surface area (Å²) in [5.41, 5.74) is 2.46. The summed E-state index contributed by atoms with van der Waals surface area (Å²) in [6.45, 7) is 8.16. The molecule has 1 saturated heterocycles. The second-order valence-corrected chi connectivity index (χ2v) is 4.91. The summed E-state index contributed by atoms with van der Waals surface area (Å²) >= 11 is 0. The van der Waals surface area contributed by atoms with Crippen LogP contribution in [-0.2, 0) is 0 Å². The SMILES string of the molecule is Cc1ccc(C)c(OCCN(C)C2CNC2)c1. The van der Waals surface area contributed by atoms with Crippen molar-refractivity contribution in [2.45, 2.75) is 19.9 Å². The first-order chi connectivity index (χ1) is 8.16. The zero-order valence-electron chi connectivity index (χ0n) is 11.0. The lowest BCUT2D eigenvalue weighted by molar-refractivity contribution is 0.151. The maximum absolute atomic E-state index is 5.84. The van der Waals surface area contributed by atoms with Gasteiger partial charge in [0.1, 0.15) is 12.4 Å². The number of aryl methyl sites for hydroxylation is 2. The van der Waals surface area contributed by atoms with E-state index in [4.69, 9.17) is 4.74 Å². The molecule has 2 rings (SSSR count). The molecule has 1 N–H and O–H groups in total. The van der Waals surface area contributed by atoms with Crippen molar-refractivity contribution in [1.82, 2.24) is 10.2 Å². The quantitative estimate of drug-likeness (QED) is 0.837. The zero-order chi connectivity index (χ0) is 12.3. The van der Waals surface area contributed by atoms with Gasteiger partial charge < -0.3 is 10.1 Å². The molecular weight excluding hydrogens is 212 g/mol.